The van der Waals surface area contributed by atoms with Gasteiger partial charge in [-0.25, -0.2) is 4.79 Å². The predicted octanol–water partition coefficient (Wildman–Crippen LogP) is 3.94. The first-order valence-corrected chi connectivity index (χ1v) is 10.6. The Hall–Kier alpha value is -2.89. The summed E-state index contributed by atoms with van der Waals surface area (Å²) >= 11 is 0. The number of imide groups is 1. The van der Waals surface area contributed by atoms with Crippen molar-refractivity contribution >= 4 is 28.6 Å². The Morgan fingerprint density at radius 2 is 1.77 bits per heavy atom. The van der Waals surface area contributed by atoms with Gasteiger partial charge in [0.2, 0.25) is 5.91 Å². The summed E-state index contributed by atoms with van der Waals surface area (Å²) in [5.74, 6) is -0.102. The number of fused-ring (bicyclic) bond motifs is 1. The maximum Gasteiger partial charge on any atom is 0.325 e. The van der Waals surface area contributed by atoms with E-state index in [0.717, 1.165) is 40.5 Å². The van der Waals surface area contributed by atoms with Gasteiger partial charge in [-0.1, -0.05) is 69.2 Å². The van der Waals surface area contributed by atoms with E-state index in [2.05, 4.69) is 24.5 Å². The molecule has 0 aromatic heterocycles. The highest BCUT2D eigenvalue weighted by molar-refractivity contribution is 6.10. The number of hydrogen-bond acceptors (Lipinski definition) is 3. The topological polar surface area (TPSA) is 78.5 Å². The first kappa shape index (κ1) is 21.8. The van der Waals surface area contributed by atoms with Crippen LogP contribution in [0.3, 0.4) is 0 Å². The lowest BCUT2D eigenvalue weighted by molar-refractivity contribution is -0.135. The first-order valence-electron chi connectivity index (χ1n) is 10.6. The van der Waals surface area contributed by atoms with Crippen LogP contribution >= 0.6 is 0 Å². The van der Waals surface area contributed by atoms with Crippen LogP contribution in [-0.2, 0) is 15.1 Å². The monoisotopic (exact) mass is 409 g/mol. The second-order valence-corrected chi connectivity index (χ2v) is 8.77. The molecule has 1 aliphatic rings. The van der Waals surface area contributed by atoms with Crippen LogP contribution in [0.2, 0.25) is 0 Å². The molecular weight excluding hydrogens is 378 g/mol. The molecule has 0 bridgehead atoms. The Bertz CT molecular complexity index is 950. The summed E-state index contributed by atoms with van der Waals surface area (Å²) in [5, 5.41) is 7.60. The van der Waals surface area contributed by atoms with Gasteiger partial charge in [-0.3, -0.25) is 14.5 Å². The Morgan fingerprint density at radius 3 is 2.50 bits per heavy atom. The fraction of sp³-hybridized carbons (Fsp3) is 0.458. The van der Waals surface area contributed by atoms with Crippen LogP contribution in [0.4, 0.5) is 4.79 Å². The van der Waals surface area contributed by atoms with Gasteiger partial charge in [-0.2, -0.15) is 0 Å². The van der Waals surface area contributed by atoms with Gasteiger partial charge in [0.25, 0.3) is 5.91 Å². The molecule has 0 radical (unpaired) electrons. The zero-order valence-electron chi connectivity index (χ0n) is 18.2. The number of nitrogens with zero attached hydrogens (tertiary/aromatic N) is 1. The summed E-state index contributed by atoms with van der Waals surface area (Å²) in [7, 11) is 0. The lowest BCUT2D eigenvalue weighted by Crippen LogP contribution is -2.45. The molecule has 6 nitrogen and oxygen atoms in total. The number of hydrogen-bond donors (Lipinski definition) is 2. The second-order valence-electron chi connectivity index (χ2n) is 8.77. The van der Waals surface area contributed by atoms with Gasteiger partial charge in [0.05, 0.1) is 0 Å². The van der Waals surface area contributed by atoms with Gasteiger partial charge in [-0.15, -0.1) is 0 Å². The van der Waals surface area contributed by atoms with Gasteiger partial charge < -0.3 is 10.6 Å². The fourth-order valence-corrected chi connectivity index (χ4v) is 4.05. The molecule has 2 atom stereocenters. The first-order chi connectivity index (χ1) is 14.2. The molecule has 1 fully saturated rings. The molecular formula is C24H31N3O3. The van der Waals surface area contributed by atoms with Crippen LogP contribution in [0.1, 0.15) is 52.5 Å². The van der Waals surface area contributed by atoms with Gasteiger partial charge in [-0.05, 0) is 42.5 Å². The van der Waals surface area contributed by atoms with E-state index in [0.29, 0.717) is 5.92 Å². The number of carbonyl (C=O) groups excluding carboxylic acids is 3. The summed E-state index contributed by atoms with van der Waals surface area (Å²) < 4.78 is 0. The highest BCUT2D eigenvalue weighted by Crippen LogP contribution is 2.33. The molecule has 30 heavy (non-hydrogen) atoms. The van der Waals surface area contributed by atoms with Crippen LogP contribution in [0.5, 0.6) is 0 Å². The average molecular weight is 410 g/mol. The summed E-state index contributed by atoms with van der Waals surface area (Å²) in [6, 6.07) is 12.9. The molecule has 3 rings (SSSR count). The van der Waals surface area contributed by atoms with Crippen molar-refractivity contribution in [1.82, 2.24) is 15.5 Å². The van der Waals surface area contributed by atoms with Gasteiger partial charge in [0, 0.05) is 6.04 Å². The zero-order valence-corrected chi connectivity index (χ0v) is 18.2. The minimum absolute atomic E-state index is 0.00136. The summed E-state index contributed by atoms with van der Waals surface area (Å²) in [6.45, 7) is 7.72. The van der Waals surface area contributed by atoms with Crippen molar-refractivity contribution in [3.8, 4) is 0 Å². The fourth-order valence-electron chi connectivity index (χ4n) is 4.05. The van der Waals surface area contributed by atoms with E-state index >= 15 is 0 Å². The van der Waals surface area contributed by atoms with E-state index in [9.17, 15) is 14.4 Å². The molecule has 2 N–H and O–H groups in total. The van der Waals surface area contributed by atoms with E-state index in [1.807, 2.05) is 49.4 Å². The number of benzene rings is 2. The number of nitrogens with one attached hydrogen (secondary N) is 2. The maximum absolute atomic E-state index is 13.2. The van der Waals surface area contributed by atoms with Crippen molar-refractivity contribution in [2.75, 3.05) is 6.54 Å². The number of carbonyl (C=O) groups is 3. The maximum atomic E-state index is 13.2. The van der Waals surface area contributed by atoms with Crippen molar-refractivity contribution in [1.29, 1.82) is 0 Å². The van der Waals surface area contributed by atoms with Gasteiger partial charge in [0.1, 0.15) is 12.1 Å². The van der Waals surface area contributed by atoms with Crippen molar-refractivity contribution in [2.24, 2.45) is 5.92 Å². The van der Waals surface area contributed by atoms with Crippen molar-refractivity contribution in [2.45, 2.75) is 58.5 Å². The van der Waals surface area contributed by atoms with E-state index in [4.69, 9.17) is 0 Å². The van der Waals surface area contributed by atoms with Crippen LogP contribution in [0.25, 0.3) is 10.8 Å². The molecule has 6 heteroatoms. The van der Waals surface area contributed by atoms with E-state index in [1.165, 1.54) is 0 Å². The molecule has 4 amide bonds. The zero-order chi connectivity index (χ0) is 21.9. The highest BCUT2D eigenvalue weighted by Gasteiger charge is 2.50. The third-order valence-corrected chi connectivity index (χ3v) is 5.73. The third-order valence-electron chi connectivity index (χ3n) is 5.73. The normalized spacial score (nSPS) is 20.0. The van der Waals surface area contributed by atoms with Crippen LogP contribution in [0, 0.1) is 5.92 Å². The summed E-state index contributed by atoms with van der Waals surface area (Å²) in [4.78, 5) is 39.3. The lowest BCUT2D eigenvalue weighted by atomic mass is 9.88. The predicted molar refractivity (Wildman–Crippen MR) is 118 cm³/mol. The SMILES string of the molecule is CC(C)CCCC(C)NC(=O)CN1C(=O)NC(C)(c2cccc3ccccc23)C1=O. The Labute approximate surface area is 178 Å². The molecule has 0 saturated carbocycles. The van der Waals surface area contributed by atoms with Crippen molar-refractivity contribution in [3.63, 3.8) is 0 Å². The molecule has 0 aliphatic carbocycles. The van der Waals surface area contributed by atoms with Crippen LogP contribution in [0.15, 0.2) is 42.5 Å². The molecule has 2 aromatic carbocycles. The minimum atomic E-state index is -1.21. The number of rotatable bonds is 8. The van der Waals surface area contributed by atoms with Crippen LogP contribution in [-0.4, -0.2) is 35.3 Å². The highest BCUT2D eigenvalue weighted by atomic mass is 16.2. The number of urea groups is 1. The van der Waals surface area contributed by atoms with Gasteiger partial charge >= 0.3 is 6.03 Å². The average Bonchev–Trinajstić information content (AvgIpc) is 2.91. The Kier molecular flexibility index (Phi) is 6.44. The molecule has 160 valence electrons. The molecule has 1 saturated heterocycles. The molecule has 0 spiro atoms. The molecule has 1 heterocycles. The Balaban J connectivity index is 1.71. The molecule has 2 aromatic rings. The van der Waals surface area contributed by atoms with Crippen molar-refractivity contribution in [3.05, 3.63) is 48.0 Å². The minimum Gasteiger partial charge on any atom is -0.352 e. The third kappa shape index (κ3) is 4.48. The Morgan fingerprint density at radius 1 is 1.07 bits per heavy atom. The van der Waals surface area contributed by atoms with E-state index < -0.39 is 17.5 Å². The molecule has 1 aliphatic heterocycles. The van der Waals surface area contributed by atoms with Gasteiger partial charge in [0.15, 0.2) is 0 Å². The summed E-state index contributed by atoms with van der Waals surface area (Å²) in [5.41, 5.74) is -0.481. The second kappa shape index (κ2) is 8.86. The lowest BCUT2D eigenvalue weighted by Gasteiger charge is -2.24. The number of amides is 4. The van der Waals surface area contributed by atoms with E-state index in [-0.39, 0.29) is 18.5 Å². The standard InChI is InChI=1S/C24H31N3O3/c1-16(2)9-7-10-17(3)25-21(28)15-27-22(29)24(4,26-23(27)30)20-14-8-12-18-11-5-6-13-19(18)20/h5-6,8,11-14,16-17H,7,9-10,15H2,1-4H3,(H,25,28)(H,26,30). The summed E-state index contributed by atoms with van der Waals surface area (Å²) in [6.07, 6.45) is 3.01. The molecule has 2 unspecified atom stereocenters. The quantitative estimate of drug-likeness (QED) is 0.648. The van der Waals surface area contributed by atoms with E-state index in [1.54, 1.807) is 6.92 Å². The largest absolute Gasteiger partial charge is 0.352 e. The smallest absolute Gasteiger partial charge is 0.325 e. The van der Waals surface area contributed by atoms with Crippen molar-refractivity contribution < 1.29 is 14.4 Å². The van der Waals surface area contributed by atoms with Crippen LogP contribution < -0.4 is 10.6 Å².